The molecule has 2 heterocycles. The van der Waals surface area contributed by atoms with E-state index in [-0.39, 0.29) is 84.5 Å². The number of hydrogen-bond donors (Lipinski definition) is 8. The molecule has 10 heteroatoms. The van der Waals surface area contributed by atoms with Gasteiger partial charge in [-0.2, -0.15) is 0 Å². The summed E-state index contributed by atoms with van der Waals surface area (Å²) >= 11 is 0. The molecule has 76 heavy (non-hydrogen) atoms. The van der Waals surface area contributed by atoms with Gasteiger partial charge >= 0.3 is 0 Å². The zero-order valence-electron chi connectivity index (χ0n) is 43.1. The Labute approximate surface area is 445 Å². The van der Waals surface area contributed by atoms with Crippen LogP contribution >= 0.6 is 0 Å². The highest BCUT2D eigenvalue weighted by atomic mass is 16.3. The molecular formula is C66H68N2O8. The van der Waals surface area contributed by atoms with E-state index in [0.717, 1.165) is 60.8 Å². The summed E-state index contributed by atoms with van der Waals surface area (Å²) in [6, 6.07) is 45.3. The van der Waals surface area contributed by atoms with Gasteiger partial charge in [0.25, 0.3) is 0 Å². The van der Waals surface area contributed by atoms with Gasteiger partial charge in [0.05, 0.1) is 0 Å². The van der Waals surface area contributed by atoms with E-state index in [1.165, 1.54) is 0 Å². The molecule has 2 aliphatic heterocycles. The van der Waals surface area contributed by atoms with E-state index in [1.54, 1.807) is 0 Å². The number of para-hydroxylation sites is 8. The van der Waals surface area contributed by atoms with Crippen molar-refractivity contribution < 1.29 is 40.9 Å². The number of aromatic hydroxyl groups is 8. The van der Waals surface area contributed by atoms with Gasteiger partial charge in [-0.15, -0.1) is 0 Å². The monoisotopic (exact) mass is 1020 g/mol. The molecule has 18 bridgehead atoms. The Kier molecular flexibility index (Phi) is 15.8. The minimum Gasteiger partial charge on any atom is -0.507 e. The summed E-state index contributed by atoms with van der Waals surface area (Å²) in [5.74, 6) is 0.992. The summed E-state index contributed by atoms with van der Waals surface area (Å²) < 4.78 is 0. The van der Waals surface area contributed by atoms with Crippen LogP contribution in [-0.2, 0) is 64.7 Å². The van der Waals surface area contributed by atoms with Gasteiger partial charge in [-0.3, -0.25) is 9.80 Å². The lowest BCUT2D eigenvalue weighted by Crippen LogP contribution is -2.24. The van der Waals surface area contributed by atoms with Crippen LogP contribution in [0.15, 0.2) is 146 Å². The molecule has 2 aliphatic rings. The van der Waals surface area contributed by atoms with E-state index in [4.69, 9.17) is 0 Å². The van der Waals surface area contributed by atoms with Crippen molar-refractivity contribution in [2.24, 2.45) is 0 Å². The van der Waals surface area contributed by atoms with Gasteiger partial charge in [0.15, 0.2) is 0 Å². The van der Waals surface area contributed by atoms with Crippen molar-refractivity contribution in [1.82, 2.24) is 9.80 Å². The summed E-state index contributed by atoms with van der Waals surface area (Å²) in [4.78, 5) is 4.53. The first-order valence-corrected chi connectivity index (χ1v) is 26.8. The van der Waals surface area contributed by atoms with Crippen LogP contribution in [0.1, 0.15) is 128 Å². The van der Waals surface area contributed by atoms with Gasteiger partial charge < -0.3 is 40.9 Å². The van der Waals surface area contributed by atoms with Gasteiger partial charge in [0.2, 0.25) is 0 Å². The summed E-state index contributed by atoms with van der Waals surface area (Å²) in [6.45, 7) is 3.06. The number of hydrogen-bond acceptors (Lipinski definition) is 10. The molecule has 0 aromatic heterocycles. The van der Waals surface area contributed by atoms with Crippen LogP contribution in [0.4, 0.5) is 0 Å². The van der Waals surface area contributed by atoms with Crippen LogP contribution in [0.5, 0.6) is 46.0 Å². The number of phenols is 8. The summed E-state index contributed by atoms with van der Waals surface area (Å²) in [6.07, 6.45) is 7.42. The van der Waals surface area contributed by atoms with E-state index in [0.29, 0.717) is 106 Å². The largest absolute Gasteiger partial charge is 0.507 e. The Hall–Kier alpha value is -7.92. The smallest absolute Gasteiger partial charge is 0.123 e. The van der Waals surface area contributed by atoms with Gasteiger partial charge in [-0.25, -0.2) is 0 Å². The van der Waals surface area contributed by atoms with Crippen LogP contribution in [0, 0.1) is 0 Å². The maximum absolute atomic E-state index is 12.0. The molecule has 8 aromatic carbocycles. The third-order valence-electron chi connectivity index (χ3n) is 15.7. The molecule has 10 rings (SSSR count). The van der Waals surface area contributed by atoms with Crippen molar-refractivity contribution in [2.75, 3.05) is 13.1 Å². The van der Waals surface area contributed by atoms with Gasteiger partial charge in [0, 0.05) is 87.0 Å². The number of nitrogens with zero attached hydrogens (tertiary/aromatic N) is 2. The molecule has 0 amide bonds. The lowest BCUT2D eigenvalue weighted by molar-refractivity contribution is 0.239. The lowest BCUT2D eigenvalue weighted by Gasteiger charge is -2.25. The average molecular weight is 1020 g/mol. The van der Waals surface area contributed by atoms with Crippen molar-refractivity contribution in [3.8, 4) is 46.0 Å². The molecule has 8 aromatic rings. The Morgan fingerprint density at radius 1 is 0.197 bits per heavy atom. The standard InChI is InChI=1S/C66H68N2O8/c69-59-43-15-7-19-47(59)35-51-23-11-27-55(63(51)73)39-67-31-5-3-1-2-4-6-32-68(41-57-29-13-25-53(65(57)75)37-49-21-9-17-45(33-43)61(49)71)42-58-30-14-26-54(66(58)76)38-50-22-10-18-46(62(50)72)34-44-16-8-20-48(60(44)70)36-52-24-12-28-56(40-67)64(52)74/h7-30,69-76H,1-6,31-42H2. The van der Waals surface area contributed by atoms with Crippen LogP contribution in [-0.4, -0.2) is 63.7 Å². The maximum Gasteiger partial charge on any atom is 0.123 e. The molecule has 390 valence electrons. The predicted molar refractivity (Wildman–Crippen MR) is 298 cm³/mol. The molecule has 0 unspecified atom stereocenters. The molecule has 10 nitrogen and oxygen atoms in total. The molecule has 0 spiro atoms. The second-order valence-electron chi connectivity index (χ2n) is 21.0. The summed E-state index contributed by atoms with van der Waals surface area (Å²) in [7, 11) is 0. The fourth-order valence-corrected chi connectivity index (χ4v) is 11.4. The highest BCUT2D eigenvalue weighted by molar-refractivity contribution is 5.55. The second-order valence-corrected chi connectivity index (χ2v) is 21.0. The second kappa shape index (κ2) is 23.3. The van der Waals surface area contributed by atoms with Crippen molar-refractivity contribution in [2.45, 2.75) is 103 Å². The minimum atomic E-state index is 0.0958. The summed E-state index contributed by atoms with van der Waals surface area (Å²) in [5, 5.41) is 95.0. The van der Waals surface area contributed by atoms with Gasteiger partial charge in [-0.05, 0) is 92.7 Å². The molecule has 0 fully saturated rings. The van der Waals surface area contributed by atoms with Crippen molar-refractivity contribution in [1.29, 1.82) is 0 Å². The SMILES string of the molecule is Oc1c2cccc1Cc1cccc(c1O)CN1CCCCCCCCN(Cc3cccc(c3O)Cc3cccc(c3O)C2)Cc2cccc(c2O)Cc2cccc(c2O)Cc2cccc(c2O)Cc2cccc(c2O)C1. The topological polar surface area (TPSA) is 168 Å². The van der Waals surface area contributed by atoms with Crippen LogP contribution in [0.2, 0.25) is 0 Å². The highest BCUT2D eigenvalue weighted by Crippen LogP contribution is 2.39. The number of phenolic OH excluding ortho intramolecular Hbond substituents is 8. The average Bonchev–Trinajstić information content (AvgIpc) is 3.40. The number of rotatable bonds is 0. The number of benzene rings is 8. The first-order valence-electron chi connectivity index (χ1n) is 26.8. The van der Waals surface area contributed by atoms with Crippen molar-refractivity contribution >= 4 is 0 Å². The first-order chi connectivity index (χ1) is 37.0. The Morgan fingerprint density at radius 2 is 0.342 bits per heavy atom. The van der Waals surface area contributed by atoms with Gasteiger partial charge in [-0.1, -0.05) is 171 Å². The normalized spacial score (nSPS) is 16.9. The fraction of sp³-hybridized carbons (Fsp3) is 0.273. The van der Waals surface area contributed by atoms with E-state index in [1.807, 2.05) is 146 Å². The minimum absolute atomic E-state index is 0.0958. The third kappa shape index (κ3) is 11.6. The fourth-order valence-electron chi connectivity index (χ4n) is 11.4. The Morgan fingerprint density at radius 3 is 0.526 bits per heavy atom. The Balaban J connectivity index is 1.06. The molecular weight excluding hydrogens is 949 g/mol. The quantitative estimate of drug-likeness (QED) is 0.0732. The summed E-state index contributed by atoms with van der Waals surface area (Å²) in [5.41, 5.74) is 10.7. The zero-order chi connectivity index (χ0) is 52.7. The van der Waals surface area contributed by atoms with Gasteiger partial charge in [0.1, 0.15) is 46.0 Å². The third-order valence-corrected chi connectivity index (χ3v) is 15.7. The first kappa shape index (κ1) is 51.6. The molecule has 0 atom stereocenters. The molecule has 8 N–H and O–H groups in total. The van der Waals surface area contributed by atoms with Crippen LogP contribution in [0.25, 0.3) is 0 Å². The maximum atomic E-state index is 12.0. The predicted octanol–water partition coefficient (Wildman–Crippen LogP) is 12.5. The van der Waals surface area contributed by atoms with Crippen LogP contribution < -0.4 is 0 Å². The number of fused-ring (bicyclic) bond motifs is 25. The van der Waals surface area contributed by atoms with E-state index in [2.05, 4.69) is 9.80 Å². The van der Waals surface area contributed by atoms with E-state index < -0.39 is 0 Å². The molecule has 0 radical (unpaired) electrons. The van der Waals surface area contributed by atoms with Crippen molar-refractivity contribution in [3.63, 3.8) is 0 Å². The van der Waals surface area contributed by atoms with Crippen LogP contribution in [0.3, 0.4) is 0 Å². The van der Waals surface area contributed by atoms with E-state index >= 15 is 0 Å². The molecule has 0 saturated carbocycles. The molecule has 0 saturated heterocycles. The zero-order valence-corrected chi connectivity index (χ0v) is 43.1. The molecule has 0 aliphatic carbocycles. The van der Waals surface area contributed by atoms with E-state index in [9.17, 15) is 40.9 Å². The van der Waals surface area contributed by atoms with Crippen molar-refractivity contribution in [3.05, 3.63) is 235 Å². The lowest BCUT2D eigenvalue weighted by atomic mass is 9.93. The highest BCUT2D eigenvalue weighted by Gasteiger charge is 2.22. The Bertz CT molecular complexity index is 2940.